The predicted molar refractivity (Wildman–Crippen MR) is 128 cm³/mol. The standard InChI is InChI=1S/C27H24F2N2O6/c1-27(2,3)37-26(34)30-12-11-16(13-30)31-14-18(21-22(31)25(33)36-24(21)32)15-7-9-17(10-8-15)35-23-19(28)5-4-6-20(23)29/h4-10,14,16H,11-13H2,1-3H3/t16-/m1/s1. The number of rotatable bonds is 4. The Kier molecular flexibility index (Phi) is 5.97. The van der Waals surface area contributed by atoms with Gasteiger partial charge in [-0.1, -0.05) is 18.2 Å². The molecule has 3 heterocycles. The number of carbonyl (C=O) groups excluding carboxylic acids is 3. The molecule has 37 heavy (non-hydrogen) atoms. The van der Waals surface area contributed by atoms with Crippen LogP contribution < -0.4 is 4.74 Å². The van der Waals surface area contributed by atoms with Crippen LogP contribution in [0.1, 0.15) is 54.1 Å². The van der Waals surface area contributed by atoms with Gasteiger partial charge >= 0.3 is 18.0 Å². The van der Waals surface area contributed by atoms with E-state index < -0.39 is 41.0 Å². The van der Waals surface area contributed by atoms with Crippen molar-refractivity contribution in [1.29, 1.82) is 0 Å². The first-order valence-corrected chi connectivity index (χ1v) is 11.7. The Balaban J connectivity index is 1.43. The second-order valence-electron chi connectivity index (χ2n) is 9.90. The number of amides is 1. The third kappa shape index (κ3) is 4.66. The second-order valence-corrected chi connectivity index (χ2v) is 9.90. The highest BCUT2D eigenvalue weighted by molar-refractivity contribution is 6.17. The number of ether oxygens (including phenoxy) is 3. The molecule has 1 amide bonds. The predicted octanol–water partition coefficient (Wildman–Crippen LogP) is 5.72. The lowest BCUT2D eigenvalue weighted by Crippen LogP contribution is -2.35. The summed E-state index contributed by atoms with van der Waals surface area (Å²) in [4.78, 5) is 39.2. The van der Waals surface area contributed by atoms with Gasteiger partial charge in [0.2, 0.25) is 0 Å². The van der Waals surface area contributed by atoms with E-state index in [1.54, 1.807) is 48.6 Å². The Morgan fingerprint density at radius 2 is 1.70 bits per heavy atom. The van der Waals surface area contributed by atoms with Crippen molar-refractivity contribution in [3.8, 4) is 22.6 Å². The van der Waals surface area contributed by atoms with Crippen LogP contribution in [0.3, 0.4) is 0 Å². The van der Waals surface area contributed by atoms with Crippen LogP contribution in [0.4, 0.5) is 13.6 Å². The summed E-state index contributed by atoms with van der Waals surface area (Å²) in [6.07, 6.45) is 1.81. The Morgan fingerprint density at radius 1 is 1.03 bits per heavy atom. The Morgan fingerprint density at radius 3 is 2.35 bits per heavy atom. The fourth-order valence-electron chi connectivity index (χ4n) is 4.49. The van der Waals surface area contributed by atoms with E-state index in [2.05, 4.69) is 0 Å². The van der Waals surface area contributed by atoms with Gasteiger partial charge in [-0.15, -0.1) is 0 Å². The summed E-state index contributed by atoms with van der Waals surface area (Å²) in [5, 5.41) is 0. The number of hydrogen-bond acceptors (Lipinski definition) is 6. The fourth-order valence-corrected chi connectivity index (χ4v) is 4.49. The highest BCUT2D eigenvalue weighted by Gasteiger charge is 2.41. The van der Waals surface area contributed by atoms with Gasteiger partial charge in [0.15, 0.2) is 17.4 Å². The Bertz CT molecular complexity index is 1390. The molecular formula is C27H24F2N2O6. The molecule has 0 N–H and O–H groups in total. The molecule has 192 valence electrons. The summed E-state index contributed by atoms with van der Waals surface area (Å²) in [6.45, 7) is 6.10. The van der Waals surface area contributed by atoms with Crippen LogP contribution in [0.15, 0.2) is 48.7 Å². The van der Waals surface area contributed by atoms with Crippen molar-refractivity contribution in [2.45, 2.75) is 38.8 Å². The van der Waals surface area contributed by atoms with E-state index in [4.69, 9.17) is 14.2 Å². The maximum Gasteiger partial charge on any atom is 0.410 e. The summed E-state index contributed by atoms with van der Waals surface area (Å²) in [5.74, 6) is -3.52. The van der Waals surface area contributed by atoms with Crippen molar-refractivity contribution < 1.29 is 37.4 Å². The third-order valence-corrected chi connectivity index (χ3v) is 6.13. The minimum Gasteiger partial charge on any atom is -0.451 e. The number of nitrogens with zero attached hydrogens (tertiary/aromatic N) is 2. The summed E-state index contributed by atoms with van der Waals surface area (Å²) in [7, 11) is 0. The number of halogens is 2. The number of hydrogen-bond donors (Lipinski definition) is 0. The van der Waals surface area contributed by atoms with Crippen LogP contribution >= 0.6 is 0 Å². The van der Waals surface area contributed by atoms with Crippen molar-refractivity contribution in [1.82, 2.24) is 9.47 Å². The first-order valence-electron chi connectivity index (χ1n) is 11.7. The van der Waals surface area contributed by atoms with Gasteiger partial charge in [0, 0.05) is 24.8 Å². The zero-order chi connectivity index (χ0) is 26.5. The normalized spacial score (nSPS) is 17.1. The molecule has 1 atom stereocenters. The number of fused-ring (bicyclic) bond motifs is 1. The molecule has 0 spiro atoms. The maximum absolute atomic E-state index is 13.9. The Hall–Kier alpha value is -4.21. The minimum atomic E-state index is -0.836. The lowest BCUT2D eigenvalue weighted by Gasteiger charge is -2.24. The van der Waals surface area contributed by atoms with E-state index in [-0.39, 0.29) is 23.0 Å². The number of esters is 2. The first kappa shape index (κ1) is 24.5. The van der Waals surface area contributed by atoms with Crippen LogP contribution in [-0.2, 0) is 9.47 Å². The monoisotopic (exact) mass is 510 g/mol. The van der Waals surface area contributed by atoms with Crippen LogP contribution in [0.25, 0.3) is 11.1 Å². The SMILES string of the molecule is CC(C)(C)OC(=O)N1CC[C@@H](n2cc(-c3ccc(Oc4c(F)cccc4F)cc3)c3c2C(=O)OC3=O)C1. The molecule has 1 aromatic heterocycles. The number of cyclic esters (lactones) is 2. The molecule has 2 aliphatic rings. The fraction of sp³-hybridized carbons (Fsp3) is 0.296. The molecule has 0 saturated carbocycles. The van der Waals surface area contributed by atoms with Gasteiger partial charge in [0.05, 0.1) is 6.04 Å². The number of benzene rings is 2. The van der Waals surface area contributed by atoms with Gasteiger partial charge in [-0.2, -0.15) is 0 Å². The Labute approximate surface area is 211 Å². The molecule has 1 saturated heterocycles. The smallest absolute Gasteiger partial charge is 0.410 e. The van der Waals surface area contributed by atoms with Crippen molar-refractivity contribution in [2.24, 2.45) is 0 Å². The quantitative estimate of drug-likeness (QED) is 0.330. The molecule has 0 bridgehead atoms. The molecular weight excluding hydrogens is 486 g/mol. The van der Waals surface area contributed by atoms with Crippen molar-refractivity contribution in [3.63, 3.8) is 0 Å². The molecule has 1 fully saturated rings. The van der Waals surface area contributed by atoms with E-state index in [9.17, 15) is 23.2 Å². The molecule has 0 radical (unpaired) electrons. The van der Waals surface area contributed by atoms with Crippen LogP contribution in [0.2, 0.25) is 0 Å². The first-order chi connectivity index (χ1) is 17.5. The summed E-state index contributed by atoms with van der Waals surface area (Å²) >= 11 is 0. The lowest BCUT2D eigenvalue weighted by atomic mass is 10.0. The third-order valence-electron chi connectivity index (χ3n) is 6.13. The minimum absolute atomic E-state index is 0.129. The number of likely N-dealkylation sites (tertiary alicyclic amines) is 1. The molecule has 8 nitrogen and oxygen atoms in total. The van der Waals surface area contributed by atoms with E-state index in [0.29, 0.717) is 30.6 Å². The van der Waals surface area contributed by atoms with E-state index in [0.717, 1.165) is 12.1 Å². The molecule has 5 rings (SSSR count). The largest absolute Gasteiger partial charge is 0.451 e. The number of aromatic nitrogens is 1. The molecule has 2 aliphatic heterocycles. The molecule has 0 unspecified atom stereocenters. The van der Waals surface area contributed by atoms with Gasteiger partial charge < -0.3 is 23.7 Å². The zero-order valence-electron chi connectivity index (χ0n) is 20.4. The van der Waals surface area contributed by atoms with Crippen molar-refractivity contribution >= 4 is 18.0 Å². The van der Waals surface area contributed by atoms with Crippen LogP contribution in [-0.4, -0.2) is 46.2 Å². The number of carbonyl (C=O) groups is 3. The van der Waals surface area contributed by atoms with Gasteiger partial charge in [-0.05, 0) is 57.0 Å². The van der Waals surface area contributed by atoms with E-state index in [1.165, 1.54) is 18.2 Å². The summed E-state index contributed by atoms with van der Waals surface area (Å²) in [6, 6.07) is 9.41. The second kappa shape index (κ2) is 9.02. The molecule has 0 aliphatic carbocycles. The zero-order valence-corrected chi connectivity index (χ0v) is 20.4. The summed E-state index contributed by atoms with van der Waals surface area (Å²) < 4.78 is 45.3. The van der Waals surface area contributed by atoms with Gasteiger partial charge in [-0.25, -0.2) is 23.2 Å². The average Bonchev–Trinajstić information content (AvgIpc) is 3.52. The van der Waals surface area contributed by atoms with E-state index in [1.807, 2.05) is 0 Å². The topological polar surface area (TPSA) is 87.1 Å². The van der Waals surface area contributed by atoms with E-state index >= 15 is 0 Å². The highest BCUT2D eigenvalue weighted by Crippen LogP contribution is 2.38. The van der Waals surface area contributed by atoms with Crippen molar-refractivity contribution in [3.05, 3.63) is 71.6 Å². The average molecular weight is 510 g/mol. The van der Waals surface area contributed by atoms with Crippen LogP contribution in [0.5, 0.6) is 11.5 Å². The summed E-state index contributed by atoms with van der Waals surface area (Å²) in [5.41, 5.74) is 0.663. The highest BCUT2D eigenvalue weighted by atomic mass is 19.1. The van der Waals surface area contributed by atoms with Gasteiger partial charge in [0.25, 0.3) is 0 Å². The van der Waals surface area contributed by atoms with Crippen molar-refractivity contribution in [2.75, 3.05) is 13.1 Å². The molecule has 2 aromatic carbocycles. The molecule has 3 aromatic rings. The molecule has 10 heteroatoms. The lowest BCUT2D eigenvalue weighted by molar-refractivity contribution is 0.0288. The van der Waals surface area contributed by atoms with Gasteiger partial charge in [0.1, 0.15) is 22.6 Å². The van der Waals surface area contributed by atoms with Crippen LogP contribution in [0, 0.1) is 11.6 Å². The maximum atomic E-state index is 13.9. The number of para-hydroxylation sites is 1. The van der Waals surface area contributed by atoms with Gasteiger partial charge in [-0.3, -0.25) is 0 Å².